The van der Waals surface area contributed by atoms with E-state index in [2.05, 4.69) is 4.72 Å². The third kappa shape index (κ3) is 5.56. The van der Waals surface area contributed by atoms with E-state index in [9.17, 15) is 13.2 Å². The van der Waals surface area contributed by atoms with Gasteiger partial charge in [-0.25, -0.2) is 8.42 Å². The Bertz CT molecular complexity index is 878. The summed E-state index contributed by atoms with van der Waals surface area (Å²) in [6.07, 6.45) is 4.41. The number of nitrogens with zero attached hydrogens (tertiary/aromatic N) is 1. The van der Waals surface area contributed by atoms with Crippen LogP contribution in [0.1, 0.15) is 31.2 Å². The van der Waals surface area contributed by atoms with Gasteiger partial charge in [0.1, 0.15) is 6.04 Å². The lowest BCUT2D eigenvalue weighted by Gasteiger charge is -2.27. The first-order chi connectivity index (χ1) is 13.5. The normalized spacial score (nSPS) is 16.4. The summed E-state index contributed by atoms with van der Waals surface area (Å²) in [5, 5.41) is 0.459. The SMILES string of the molecule is O=C([C@@H](Cc1ccccc1)NS(=O)(=O)c1ccc(Cl)cc1)N1CCCCCC1. The maximum absolute atomic E-state index is 13.2. The second-order valence-electron chi connectivity index (χ2n) is 7.06. The highest BCUT2D eigenvalue weighted by Crippen LogP contribution is 2.17. The molecule has 0 aliphatic carbocycles. The van der Waals surface area contributed by atoms with Crippen LogP contribution < -0.4 is 4.72 Å². The number of carbonyl (C=O) groups excluding carboxylic acids is 1. The molecule has 1 atom stereocenters. The van der Waals surface area contributed by atoms with Crippen molar-refractivity contribution in [1.29, 1.82) is 0 Å². The van der Waals surface area contributed by atoms with Gasteiger partial charge in [-0.15, -0.1) is 0 Å². The van der Waals surface area contributed by atoms with E-state index < -0.39 is 16.1 Å². The lowest BCUT2D eigenvalue weighted by molar-refractivity contribution is -0.132. The second kappa shape index (κ2) is 9.54. The Morgan fingerprint density at radius 1 is 0.964 bits per heavy atom. The maximum atomic E-state index is 13.2. The molecule has 0 spiro atoms. The average Bonchev–Trinajstić information content (AvgIpc) is 2.97. The van der Waals surface area contributed by atoms with Crippen LogP contribution in [0, 0.1) is 0 Å². The Morgan fingerprint density at radius 3 is 2.18 bits per heavy atom. The van der Waals surface area contributed by atoms with Crippen LogP contribution in [0.3, 0.4) is 0 Å². The highest BCUT2D eigenvalue weighted by atomic mass is 35.5. The summed E-state index contributed by atoms with van der Waals surface area (Å²) in [6, 6.07) is 14.6. The fourth-order valence-corrected chi connectivity index (χ4v) is 4.72. The highest BCUT2D eigenvalue weighted by molar-refractivity contribution is 7.89. The van der Waals surface area contributed by atoms with Crippen LogP contribution in [0.2, 0.25) is 5.02 Å². The van der Waals surface area contributed by atoms with Crippen LogP contribution in [-0.2, 0) is 21.2 Å². The maximum Gasteiger partial charge on any atom is 0.241 e. The minimum Gasteiger partial charge on any atom is -0.341 e. The van der Waals surface area contributed by atoms with Gasteiger partial charge in [0.05, 0.1) is 4.90 Å². The van der Waals surface area contributed by atoms with E-state index in [-0.39, 0.29) is 10.8 Å². The van der Waals surface area contributed by atoms with E-state index in [1.54, 1.807) is 4.90 Å². The molecule has 2 aromatic rings. The molecule has 0 unspecified atom stereocenters. The topological polar surface area (TPSA) is 66.5 Å². The lowest BCUT2D eigenvalue weighted by Crippen LogP contribution is -2.49. The van der Waals surface area contributed by atoms with Gasteiger partial charge >= 0.3 is 0 Å². The van der Waals surface area contributed by atoms with Gasteiger partial charge < -0.3 is 4.90 Å². The molecule has 0 radical (unpaired) electrons. The highest BCUT2D eigenvalue weighted by Gasteiger charge is 2.29. The van der Waals surface area contributed by atoms with Crippen LogP contribution in [0.15, 0.2) is 59.5 Å². The molecule has 1 aliphatic rings. The van der Waals surface area contributed by atoms with Crippen molar-refractivity contribution in [1.82, 2.24) is 9.62 Å². The molecule has 1 N–H and O–H groups in total. The molecule has 1 saturated heterocycles. The van der Waals surface area contributed by atoms with Gasteiger partial charge in [0, 0.05) is 18.1 Å². The minimum absolute atomic E-state index is 0.0960. The predicted molar refractivity (Wildman–Crippen MR) is 111 cm³/mol. The zero-order valence-corrected chi connectivity index (χ0v) is 17.3. The van der Waals surface area contributed by atoms with E-state index in [4.69, 9.17) is 11.6 Å². The summed E-state index contributed by atoms with van der Waals surface area (Å²) in [6.45, 7) is 1.35. The van der Waals surface area contributed by atoms with Gasteiger partial charge in [-0.3, -0.25) is 4.79 Å². The smallest absolute Gasteiger partial charge is 0.241 e. The quantitative estimate of drug-likeness (QED) is 0.775. The summed E-state index contributed by atoms with van der Waals surface area (Å²) < 4.78 is 28.4. The molecule has 28 heavy (non-hydrogen) atoms. The monoisotopic (exact) mass is 420 g/mol. The van der Waals surface area contributed by atoms with Crippen molar-refractivity contribution in [3.8, 4) is 0 Å². The van der Waals surface area contributed by atoms with Crippen molar-refractivity contribution in [2.24, 2.45) is 0 Å². The standard InChI is InChI=1S/C21H25ClN2O3S/c22-18-10-12-19(13-11-18)28(26,27)23-20(16-17-8-4-3-5-9-17)21(25)24-14-6-1-2-7-15-24/h3-5,8-13,20,23H,1-2,6-7,14-16H2/t20-/m1/s1. The van der Waals surface area contributed by atoms with Crippen LogP contribution in [0.25, 0.3) is 0 Å². The van der Waals surface area contributed by atoms with Crippen molar-refractivity contribution in [3.63, 3.8) is 0 Å². The van der Waals surface area contributed by atoms with Gasteiger partial charge in [0.2, 0.25) is 15.9 Å². The molecule has 0 aromatic heterocycles. The molecule has 1 amide bonds. The summed E-state index contributed by atoms with van der Waals surface area (Å²) in [5.74, 6) is -0.164. The molecule has 1 fully saturated rings. The Morgan fingerprint density at radius 2 is 1.57 bits per heavy atom. The van der Waals surface area contributed by atoms with E-state index >= 15 is 0 Å². The van der Waals surface area contributed by atoms with E-state index in [0.29, 0.717) is 24.5 Å². The Kier molecular flexibility index (Phi) is 7.10. The van der Waals surface area contributed by atoms with Gasteiger partial charge in [0.15, 0.2) is 0 Å². The molecular formula is C21H25ClN2O3S. The fourth-order valence-electron chi connectivity index (χ4n) is 3.41. The number of benzene rings is 2. The first kappa shape index (κ1) is 20.8. The van der Waals surface area contributed by atoms with Gasteiger partial charge in [-0.1, -0.05) is 54.8 Å². The zero-order valence-electron chi connectivity index (χ0n) is 15.7. The third-order valence-electron chi connectivity index (χ3n) is 4.92. The predicted octanol–water partition coefficient (Wildman–Crippen LogP) is 3.63. The molecule has 0 bridgehead atoms. The van der Waals surface area contributed by atoms with E-state index in [1.165, 1.54) is 24.3 Å². The van der Waals surface area contributed by atoms with Crippen molar-refractivity contribution in [2.45, 2.75) is 43.0 Å². The number of hydrogen-bond donors (Lipinski definition) is 1. The van der Waals surface area contributed by atoms with Crippen molar-refractivity contribution < 1.29 is 13.2 Å². The van der Waals surface area contributed by atoms with Crippen LogP contribution in [0.4, 0.5) is 0 Å². The molecule has 0 saturated carbocycles. The first-order valence-electron chi connectivity index (χ1n) is 9.56. The Labute approximate surface area is 171 Å². The zero-order chi connectivity index (χ0) is 20.0. The number of halogens is 1. The average molecular weight is 421 g/mol. The number of amides is 1. The van der Waals surface area contributed by atoms with Crippen molar-refractivity contribution in [2.75, 3.05) is 13.1 Å². The number of carbonyl (C=O) groups is 1. The number of sulfonamides is 1. The van der Waals surface area contributed by atoms with Crippen LogP contribution in [0.5, 0.6) is 0 Å². The lowest BCUT2D eigenvalue weighted by atomic mass is 10.1. The van der Waals surface area contributed by atoms with E-state index in [1.807, 2.05) is 30.3 Å². The molecular weight excluding hydrogens is 396 g/mol. The largest absolute Gasteiger partial charge is 0.341 e. The number of hydrogen-bond acceptors (Lipinski definition) is 3. The minimum atomic E-state index is -3.85. The summed E-state index contributed by atoms with van der Waals surface area (Å²) in [5.41, 5.74) is 0.912. The molecule has 7 heteroatoms. The summed E-state index contributed by atoms with van der Waals surface area (Å²) in [4.78, 5) is 15.1. The van der Waals surface area contributed by atoms with Gasteiger partial charge in [0.25, 0.3) is 0 Å². The fraction of sp³-hybridized carbons (Fsp3) is 0.381. The Balaban J connectivity index is 1.84. The van der Waals surface area contributed by atoms with Crippen LogP contribution >= 0.6 is 11.6 Å². The van der Waals surface area contributed by atoms with Crippen molar-refractivity contribution >= 4 is 27.5 Å². The molecule has 5 nitrogen and oxygen atoms in total. The Hall–Kier alpha value is -1.89. The molecule has 1 heterocycles. The molecule has 3 rings (SSSR count). The molecule has 1 aliphatic heterocycles. The first-order valence-corrected chi connectivity index (χ1v) is 11.4. The number of nitrogens with one attached hydrogen (secondary N) is 1. The number of rotatable bonds is 6. The van der Waals surface area contributed by atoms with Crippen molar-refractivity contribution in [3.05, 3.63) is 65.2 Å². The van der Waals surface area contributed by atoms with Gasteiger partial charge in [-0.05, 0) is 49.1 Å². The third-order valence-corrected chi connectivity index (χ3v) is 6.66. The summed E-state index contributed by atoms with van der Waals surface area (Å²) >= 11 is 5.87. The second-order valence-corrected chi connectivity index (χ2v) is 9.21. The van der Waals surface area contributed by atoms with Gasteiger partial charge in [-0.2, -0.15) is 4.72 Å². The van der Waals surface area contributed by atoms with Crippen LogP contribution in [-0.4, -0.2) is 38.4 Å². The number of likely N-dealkylation sites (tertiary alicyclic amines) is 1. The van der Waals surface area contributed by atoms with E-state index in [0.717, 1.165) is 31.2 Å². The molecule has 150 valence electrons. The molecule has 2 aromatic carbocycles. The summed E-state index contributed by atoms with van der Waals surface area (Å²) in [7, 11) is -3.85.